The van der Waals surface area contributed by atoms with Crippen molar-refractivity contribution in [1.82, 2.24) is 10.2 Å². The molecule has 0 unspecified atom stereocenters. The van der Waals surface area contributed by atoms with Gasteiger partial charge in [-0.15, -0.1) is 0 Å². The minimum atomic E-state index is -0.727. The summed E-state index contributed by atoms with van der Waals surface area (Å²) in [7, 11) is 0. The second kappa shape index (κ2) is 12.2. The molecule has 0 bridgehead atoms. The lowest BCUT2D eigenvalue weighted by Gasteiger charge is -2.32. The van der Waals surface area contributed by atoms with Gasteiger partial charge >= 0.3 is 0 Å². The lowest BCUT2D eigenvalue weighted by molar-refractivity contribution is -0.143. The number of amides is 2. The van der Waals surface area contributed by atoms with Crippen LogP contribution in [0.5, 0.6) is 5.75 Å². The fraction of sp³-hybridized carbons (Fsp3) is 0.310. The van der Waals surface area contributed by atoms with Crippen LogP contribution in [0.3, 0.4) is 0 Å². The Bertz CT molecular complexity index is 1100. The average molecular weight is 475 g/mol. The average Bonchev–Trinajstić information content (AvgIpc) is 3.39. The molecule has 1 atom stereocenters. The van der Waals surface area contributed by atoms with Crippen molar-refractivity contribution < 1.29 is 18.7 Å². The lowest BCUT2D eigenvalue weighted by Crippen LogP contribution is -2.53. The van der Waals surface area contributed by atoms with Gasteiger partial charge in [0.2, 0.25) is 5.91 Å². The molecule has 0 aliphatic heterocycles. The third-order valence-electron chi connectivity index (χ3n) is 6.36. The number of ether oxygens (including phenoxy) is 1. The molecule has 1 saturated carbocycles. The molecule has 6 heteroatoms. The Hall–Kier alpha value is -3.67. The highest BCUT2D eigenvalue weighted by Gasteiger charge is 2.32. The predicted octanol–water partition coefficient (Wildman–Crippen LogP) is 4.90. The van der Waals surface area contributed by atoms with Crippen molar-refractivity contribution in [1.29, 1.82) is 0 Å². The van der Waals surface area contributed by atoms with Gasteiger partial charge in [-0.25, -0.2) is 4.39 Å². The van der Waals surface area contributed by atoms with Gasteiger partial charge in [0.05, 0.1) is 0 Å². The molecule has 1 aliphatic carbocycles. The molecule has 0 saturated heterocycles. The smallest absolute Gasteiger partial charge is 0.261 e. The van der Waals surface area contributed by atoms with E-state index in [1.807, 2.05) is 60.7 Å². The molecule has 1 aliphatic rings. The van der Waals surface area contributed by atoms with Gasteiger partial charge in [0.25, 0.3) is 5.91 Å². The standard InChI is InChI=1S/C29H31FN2O3/c30-25-17-9-10-18-27(25)35-21-28(33)32(20-23-13-5-2-6-14-23)26(19-22-11-3-1-4-12-22)29(34)31-24-15-7-8-16-24/h1-6,9-14,17-18,24,26H,7-8,15-16,19-21H2,(H,31,34)/t26-/m0/s1. The van der Waals surface area contributed by atoms with Crippen molar-refractivity contribution >= 4 is 11.8 Å². The molecule has 0 heterocycles. The van der Waals surface area contributed by atoms with Gasteiger partial charge in [0.1, 0.15) is 6.04 Å². The van der Waals surface area contributed by atoms with E-state index in [0.717, 1.165) is 36.8 Å². The third-order valence-corrected chi connectivity index (χ3v) is 6.36. The number of rotatable bonds is 10. The molecular formula is C29H31FN2O3. The van der Waals surface area contributed by atoms with E-state index in [2.05, 4.69) is 5.32 Å². The minimum absolute atomic E-state index is 0.00975. The third kappa shape index (κ3) is 6.92. The number of para-hydroxylation sites is 1. The summed E-state index contributed by atoms with van der Waals surface area (Å²) in [5, 5.41) is 3.17. The van der Waals surface area contributed by atoms with Crippen LogP contribution >= 0.6 is 0 Å². The van der Waals surface area contributed by atoms with E-state index < -0.39 is 11.9 Å². The van der Waals surface area contributed by atoms with Crippen LogP contribution in [-0.2, 0) is 22.6 Å². The van der Waals surface area contributed by atoms with Crippen molar-refractivity contribution in [3.05, 3.63) is 102 Å². The first-order chi connectivity index (χ1) is 17.1. The number of hydrogen-bond donors (Lipinski definition) is 1. The number of carbonyl (C=O) groups is 2. The van der Waals surface area contributed by atoms with E-state index in [1.54, 1.807) is 17.0 Å². The van der Waals surface area contributed by atoms with Gasteiger partial charge in [0.15, 0.2) is 18.2 Å². The molecule has 4 rings (SSSR count). The van der Waals surface area contributed by atoms with Crippen LogP contribution in [0, 0.1) is 5.82 Å². The summed E-state index contributed by atoms with van der Waals surface area (Å²) in [4.78, 5) is 28.6. The molecular weight excluding hydrogens is 443 g/mol. The van der Waals surface area contributed by atoms with Gasteiger partial charge in [-0.2, -0.15) is 0 Å². The number of nitrogens with zero attached hydrogens (tertiary/aromatic N) is 1. The van der Waals surface area contributed by atoms with Gasteiger partial charge in [-0.05, 0) is 36.1 Å². The number of nitrogens with one attached hydrogen (secondary N) is 1. The summed E-state index contributed by atoms with van der Waals surface area (Å²) < 4.78 is 19.6. The van der Waals surface area contributed by atoms with Crippen LogP contribution in [0.15, 0.2) is 84.9 Å². The van der Waals surface area contributed by atoms with Crippen LogP contribution < -0.4 is 10.1 Å². The molecule has 35 heavy (non-hydrogen) atoms. The summed E-state index contributed by atoms with van der Waals surface area (Å²) in [6.45, 7) is -0.119. The monoisotopic (exact) mass is 474 g/mol. The maximum Gasteiger partial charge on any atom is 0.261 e. The molecule has 3 aromatic rings. The highest BCUT2D eigenvalue weighted by Crippen LogP contribution is 2.21. The van der Waals surface area contributed by atoms with Gasteiger partial charge in [-0.3, -0.25) is 9.59 Å². The molecule has 3 aromatic carbocycles. The Morgan fingerprint density at radius 1 is 0.886 bits per heavy atom. The molecule has 5 nitrogen and oxygen atoms in total. The molecule has 1 fully saturated rings. The highest BCUT2D eigenvalue weighted by molar-refractivity contribution is 5.88. The summed E-state index contributed by atoms with van der Waals surface area (Å²) in [6, 6.07) is 24.6. The lowest BCUT2D eigenvalue weighted by atomic mass is 10.0. The van der Waals surface area contributed by atoms with E-state index in [-0.39, 0.29) is 36.8 Å². The maximum absolute atomic E-state index is 14.1. The molecule has 1 N–H and O–H groups in total. The fourth-order valence-electron chi connectivity index (χ4n) is 4.49. The number of halogens is 1. The predicted molar refractivity (Wildman–Crippen MR) is 133 cm³/mol. The topological polar surface area (TPSA) is 58.6 Å². The fourth-order valence-corrected chi connectivity index (χ4v) is 4.49. The first-order valence-electron chi connectivity index (χ1n) is 12.1. The summed E-state index contributed by atoms with van der Waals surface area (Å²) in [5.41, 5.74) is 1.86. The van der Waals surface area contributed by atoms with Crippen molar-refractivity contribution in [2.45, 2.75) is 50.7 Å². The van der Waals surface area contributed by atoms with Crippen molar-refractivity contribution in [3.8, 4) is 5.75 Å². The summed E-state index contributed by atoms with van der Waals surface area (Å²) in [5.74, 6) is -1.07. The second-order valence-electron chi connectivity index (χ2n) is 8.92. The van der Waals surface area contributed by atoms with Crippen LogP contribution in [0.4, 0.5) is 4.39 Å². The zero-order chi connectivity index (χ0) is 24.5. The maximum atomic E-state index is 14.1. The Labute approximate surface area is 205 Å². The summed E-state index contributed by atoms with van der Waals surface area (Å²) in [6.07, 6.45) is 4.46. The van der Waals surface area contributed by atoms with Crippen LogP contribution in [-0.4, -0.2) is 35.4 Å². The zero-order valence-electron chi connectivity index (χ0n) is 19.7. The largest absolute Gasteiger partial charge is 0.481 e. The Balaban J connectivity index is 1.60. The van der Waals surface area contributed by atoms with Crippen molar-refractivity contribution in [2.75, 3.05) is 6.61 Å². The molecule has 182 valence electrons. The Kier molecular flexibility index (Phi) is 8.49. The minimum Gasteiger partial charge on any atom is -0.481 e. The molecule has 2 amide bonds. The SMILES string of the molecule is O=C(NC1CCCC1)[C@H](Cc1ccccc1)N(Cc1ccccc1)C(=O)COc1ccccc1F. The van der Waals surface area contributed by atoms with Gasteiger partial charge in [0, 0.05) is 19.0 Å². The normalized spacial score (nSPS) is 14.3. The highest BCUT2D eigenvalue weighted by atomic mass is 19.1. The molecule has 0 radical (unpaired) electrons. The van der Waals surface area contributed by atoms with Gasteiger partial charge in [-0.1, -0.05) is 85.6 Å². The van der Waals surface area contributed by atoms with Crippen LogP contribution in [0.25, 0.3) is 0 Å². The Morgan fingerprint density at radius 3 is 2.14 bits per heavy atom. The van der Waals surface area contributed by atoms with E-state index >= 15 is 0 Å². The van der Waals surface area contributed by atoms with Crippen molar-refractivity contribution in [3.63, 3.8) is 0 Å². The van der Waals surface area contributed by atoms with Crippen molar-refractivity contribution in [2.24, 2.45) is 0 Å². The van der Waals surface area contributed by atoms with Crippen LogP contribution in [0.1, 0.15) is 36.8 Å². The van der Waals surface area contributed by atoms with Gasteiger partial charge < -0.3 is 15.0 Å². The first-order valence-corrected chi connectivity index (χ1v) is 12.1. The molecule has 0 aromatic heterocycles. The van der Waals surface area contributed by atoms with Crippen LogP contribution in [0.2, 0.25) is 0 Å². The quantitative estimate of drug-likeness (QED) is 0.455. The first kappa shape index (κ1) is 24.5. The van der Waals surface area contributed by atoms with E-state index in [1.165, 1.54) is 12.1 Å². The van der Waals surface area contributed by atoms with E-state index in [9.17, 15) is 14.0 Å². The number of carbonyl (C=O) groups excluding carboxylic acids is 2. The Morgan fingerprint density at radius 2 is 1.49 bits per heavy atom. The number of hydrogen-bond acceptors (Lipinski definition) is 3. The van der Waals surface area contributed by atoms with E-state index in [4.69, 9.17) is 4.74 Å². The van der Waals surface area contributed by atoms with E-state index in [0.29, 0.717) is 6.42 Å². The summed E-state index contributed by atoms with van der Waals surface area (Å²) >= 11 is 0. The molecule has 0 spiro atoms. The number of benzene rings is 3. The zero-order valence-corrected chi connectivity index (χ0v) is 19.7. The second-order valence-corrected chi connectivity index (χ2v) is 8.92.